The average Bonchev–Trinajstić information content (AvgIpc) is 2.11. The summed E-state index contributed by atoms with van der Waals surface area (Å²) in [5, 5.41) is 9.35. The molecule has 0 spiro atoms. The molecule has 0 saturated heterocycles. The van der Waals surface area contributed by atoms with Crippen molar-refractivity contribution in [2.24, 2.45) is 0 Å². The SMILES string of the molecule is C\C=C/C=C(COC)\C(O)=C/C. The molecule has 0 aromatic rings. The van der Waals surface area contributed by atoms with Crippen molar-refractivity contribution in [1.29, 1.82) is 0 Å². The largest absolute Gasteiger partial charge is 0.508 e. The number of hydrogen-bond donors (Lipinski definition) is 1. The van der Waals surface area contributed by atoms with Crippen molar-refractivity contribution >= 4 is 0 Å². The molecule has 0 heterocycles. The van der Waals surface area contributed by atoms with Crippen molar-refractivity contribution in [2.75, 3.05) is 13.7 Å². The summed E-state index contributed by atoms with van der Waals surface area (Å²) in [5.74, 6) is 0.273. The number of rotatable bonds is 4. The van der Waals surface area contributed by atoms with E-state index >= 15 is 0 Å². The smallest absolute Gasteiger partial charge is 0.116 e. The minimum Gasteiger partial charge on any atom is -0.508 e. The lowest BCUT2D eigenvalue weighted by atomic mass is 10.2. The fourth-order valence-electron chi connectivity index (χ4n) is 0.761. The Kier molecular flexibility index (Phi) is 6.11. The topological polar surface area (TPSA) is 29.5 Å². The van der Waals surface area contributed by atoms with Gasteiger partial charge in [0.05, 0.1) is 6.61 Å². The van der Waals surface area contributed by atoms with Crippen molar-refractivity contribution in [1.82, 2.24) is 0 Å². The highest BCUT2D eigenvalue weighted by atomic mass is 16.5. The Labute approximate surface area is 73.9 Å². The summed E-state index contributed by atoms with van der Waals surface area (Å²) in [4.78, 5) is 0. The highest BCUT2D eigenvalue weighted by Gasteiger charge is 1.98. The molecule has 0 aromatic heterocycles. The molecular formula is C10H16O2. The Bertz CT molecular complexity index is 200. The van der Waals surface area contributed by atoms with Gasteiger partial charge in [0.25, 0.3) is 0 Å². The maximum atomic E-state index is 9.35. The molecule has 2 nitrogen and oxygen atoms in total. The minimum atomic E-state index is 0.273. The van der Waals surface area contributed by atoms with Gasteiger partial charge in [0.1, 0.15) is 5.76 Å². The van der Waals surface area contributed by atoms with E-state index in [4.69, 9.17) is 4.74 Å². The predicted molar refractivity (Wildman–Crippen MR) is 51.2 cm³/mol. The highest BCUT2D eigenvalue weighted by Crippen LogP contribution is 2.06. The molecule has 0 radical (unpaired) electrons. The third kappa shape index (κ3) is 3.98. The third-order valence-electron chi connectivity index (χ3n) is 1.39. The second kappa shape index (κ2) is 6.68. The molecule has 0 aliphatic carbocycles. The maximum Gasteiger partial charge on any atom is 0.116 e. The van der Waals surface area contributed by atoms with Gasteiger partial charge < -0.3 is 9.84 Å². The molecule has 1 N–H and O–H groups in total. The second-order valence-corrected chi connectivity index (χ2v) is 2.32. The van der Waals surface area contributed by atoms with Gasteiger partial charge in [-0.15, -0.1) is 0 Å². The van der Waals surface area contributed by atoms with Gasteiger partial charge in [-0.05, 0) is 19.9 Å². The van der Waals surface area contributed by atoms with Gasteiger partial charge in [0.15, 0.2) is 0 Å². The summed E-state index contributed by atoms with van der Waals surface area (Å²) in [6, 6.07) is 0. The van der Waals surface area contributed by atoms with Crippen LogP contribution in [0.1, 0.15) is 13.8 Å². The molecule has 0 atom stereocenters. The molecule has 2 heteroatoms. The van der Waals surface area contributed by atoms with E-state index in [-0.39, 0.29) is 5.76 Å². The van der Waals surface area contributed by atoms with Crippen molar-refractivity contribution in [3.05, 3.63) is 35.6 Å². The summed E-state index contributed by atoms with van der Waals surface area (Å²) in [6.45, 7) is 4.14. The van der Waals surface area contributed by atoms with Crippen molar-refractivity contribution in [3.63, 3.8) is 0 Å². The molecule has 0 aliphatic heterocycles. The summed E-state index contributed by atoms with van der Waals surface area (Å²) in [5.41, 5.74) is 0.790. The van der Waals surface area contributed by atoms with Crippen LogP contribution in [-0.4, -0.2) is 18.8 Å². The predicted octanol–water partition coefficient (Wildman–Crippen LogP) is 2.60. The van der Waals surface area contributed by atoms with Crippen LogP contribution in [-0.2, 0) is 4.74 Å². The Morgan fingerprint density at radius 3 is 2.50 bits per heavy atom. The molecule has 0 rings (SSSR count). The monoisotopic (exact) mass is 168 g/mol. The molecule has 0 unspecified atom stereocenters. The lowest BCUT2D eigenvalue weighted by molar-refractivity contribution is 0.220. The summed E-state index contributed by atoms with van der Waals surface area (Å²) in [7, 11) is 1.60. The number of hydrogen-bond acceptors (Lipinski definition) is 2. The number of aliphatic hydroxyl groups is 1. The first-order valence-electron chi connectivity index (χ1n) is 3.92. The normalized spacial score (nSPS) is 14.2. The standard InChI is InChI=1S/C10H16O2/c1-4-6-7-9(8-12-3)10(11)5-2/h4-7,11H,8H2,1-3H3/b6-4-,9-7-,10-5+. The fraction of sp³-hybridized carbons (Fsp3) is 0.400. The van der Waals surface area contributed by atoms with Crippen LogP contribution < -0.4 is 0 Å². The molecule has 0 saturated carbocycles. The van der Waals surface area contributed by atoms with E-state index in [9.17, 15) is 5.11 Å². The summed E-state index contributed by atoms with van der Waals surface area (Å²) < 4.78 is 4.92. The zero-order valence-corrected chi connectivity index (χ0v) is 7.87. The average molecular weight is 168 g/mol. The van der Waals surface area contributed by atoms with Gasteiger partial charge in [-0.1, -0.05) is 18.2 Å². The van der Waals surface area contributed by atoms with E-state index in [2.05, 4.69) is 0 Å². The third-order valence-corrected chi connectivity index (χ3v) is 1.39. The summed E-state index contributed by atoms with van der Waals surface area (Å²) in [6.07, 6.45) is 7.25. The first-order valence-corrected chi connectivity index (χ1v) is 3.92. The van der Waals surface area contributed by atoms with E-state index in [1.807, 2.05) is 25.2 Å². The van der Waals surface area contributed by atoms with Crippen molar-refractivity contribution < 1.29 is 9.84 Å². The van der Waals surface area contributed by atoms with E-state index in [1.54, 1.807) is 20.1 Å². The van der Waals surface area contributed by atoms with Gasteiger partial charge in [-0.2, -0.15) is 0 Å². The molecule has 0 amide bonds. The van der Waals surface area contributed by atoms with Gasteiger partial charge in [-0.3, -0.25) is 0 Å². The highest BCUT2D eigenvalue weighted by molar-refractivity contribution is 5.28. The van der Waals surface area contributed by atoms with Crippen LogP contribution >= 0.6 is 0 Å². The van der Waals surface area contributed by atoms with Crippen molar-refractivity contribution in [3.8, 4) is 0 Å². The van der Waals surface area contributed by atoms with E-state index in [0.717, 1.165) is 5.57 Å². The minimum absolute atomic E-state index is 0.273. The van der Waals surface area contributed by atoms with Gasteiger partial charge in [-0.25, -0.2) is 0 Å². The lowest BCUT2D eigenvalue weighted by Gasteiger charge is -2.03. The number of ether oxygens (including phenoxy) is 1. The van der Waals surface area contributed by atoms with Crippen LogP contribution in [0.5, 0.6) is 0 Å². The second-order valence-electron chi connectivity index (χ2n) is 2.32. The van der Waals surface area contributed by atoms with Crippen molar-refractivity contribution in [2.45, 2.75) is 13.8 Å². The number of methoxy groups -OCH3 is 1. The van der Waals surface area contributed by atoms with Gasteiger partial charge in [0.2, 0.25) is 0 Å². The number of aliphatic hydroxyl groups excluding tert-OH is 1. The van der Waals surface area contributed by atoms with Crippen LogP contribution in [0.2, 0.25) is 0 Å². The zero-order valence-electron chi connectivity index (χ0n) is 7.87. The summed E-state index contributed by atoms with van der Waals surface area (Å²) >= 11 is 0. The molecule has 0 fully saturated rings. The first-order chi connectivity index (χ1) is 5.76. The van der Waals surface area contributed by atoms with Crippen LogP contribution in [0.25, 0.3) is 0 Å². The molecule has 12 heavy (non-hydrogen) atoms. The molecule has 68 valence electrons. The maximum absolute atomic E-state index is 9.35. The lowest BCUT2D eigenvalue weighted by Crippen LogP contribution is -1.97. The Balaban J connectivity index is 4.42. The Morgan fingerprint density at radius 1 is 1.42 bits per heavy atom. The van der Waals surface area contributed by atoms with Crippen LogP contribution in [0.4, 0.5) is 0 Å². The van der Waals surface area contributed by atoms with E-state index < -0.39 is 0 Å². The zero-order chi connectivity index (χ0) is 9.40. The molecular weight excluding hydrogens is 152 g/mol. The first kappa shape index (κ1) is 11.0. The van der Waals surface area contributed by atoms with E-state index in [0.29, 0.717) is 6.61 Å². The fourth-order valence-corrected chi connectivity index (χ4v) is 0.761. The van der Waals surface area contributed by atoms with Gasteiger partial charge in [0, 0.05) is 12.7 Å². The molecule has 0 aromatic carbocycles. The van der Waals surface area contributed by atoms with E-state index in [1.165, 1.54) is 0 Å². The van der Waals surface area contributed by atoms with Gasteiger partial charge >= 0.3 is 0 Å². The molecule has 0 bridgehead atoms. The quantitative estimate of drug-likeness (QED) is 0.516. The van der Waals surface area contributed by atoms with Crippen LogP contribution in [0, 0.1) is 0 Å². The Hall–Kier alpha value is -1.02. The molecule has 0 aliphatic rings. The van der Waals surface area contributed by atoms with Crippen LogP contribution in [0.15, 0.2) is 35.6 Å². The number of allylic oxidation sites excluding steroid dienone is 4. The van der Waals surface area contributed by atoms with Crippen LogP contribution in [0.3, 0.4) is 0 Å². The Morgan fingerprint density at radius 2 is 2.08 bits per heavy atom.